The van der Waals surface area contributed by atoms with E-state index >= 15 is 0 Å². The summed E-state index contributed by atoms with van der Waals surface area (Å²) in [5.41, 5.74) is 7.30. The second-order valence-electron chi connectivity index (χ2n) is 6.52. The van der Waals surface area contributed by atoms with Gasteiger partial charge < -0.3 is 11.1 Å². The second-order valence-corrected chi connectivity index (χ2v) is 6.95. The first kappa shape index (κ1) is 18.3. The summed E-state index contributed by atoms with van der Waals surface area (Å²) in [6, 6.07) is 10.5. The summed E-state index contributed by atoms with van der Waals surface area (Å²) in [7, 11) is 0. The zero-order valence-electron chi connectivity index (χ0n) is 14.3. The fourth-order valence-corrected chi connectivity index (χ4v) is 3.27. The fourth-order valence-electron chi connectivity index (χ4n) is 3.14. The van der Waals surface area contributed by atoms with Gasteiger partial charge in [-0.05, 0) is 41.8 Å². The SMILES string of the molecule is NC(=O)C(NCC1(Cc2cccnc2)C=CC=NC1)c1ccc(Cl)cc1. The van der Waals surface area contributed by atoms with Crippen LogP contribution in [0.5, 0.6) is 0 Å². The molecule has 1 amide bonds. The van der Waals surface area contributed by atoms with Gasteiger partial charge in [0.1, 0.15) is 6.04 Å². The Balaban J connectivity index is 1.78. The number of carbonyl (C=O) groups is 1. The maximum atomic E-state index is 12.0. The highest BCUT2D eigenvalue weighted by molar-refractivity contribution is 6.30. The standard InChI is InChI=1S/C20H21ClN4O/c21-17-6-4-16(5-7-17)18(19(22)26)25-14-20(8-2-10-24-13-20)11-15-3-1-9-23-12-15/h1-10,12,18,25H,11,13-14H2,(H2,22,26). The largest absolute Gasteiger partial charge is 0.368 e. The first-order chi connectivity index (χ1) is 12.6. The van der Waals surface area contributed by atoms with E-state index in [1.165, 1.54) is 0 Å². The van der Waals surface area contributed by atoms with Gasteiger partial charge in [-0.1, -0.05) is 35.9 Å². The predicted molar refractivity (Wildman–Crippen MR) is 104 cm³/mol. The van der Waals surface area contributed by atoms with E-state index < -0.39 is 11.9 Å². The number of nitrogens with zero attached hydrogens (tertiary/aromatic N) is 2. The summed E-state index contributed by atoms with van der Waals surface area (Å²) in [5, 5.41) is 3.94. The molecular weight excluding hydrogens is 348 g/mol. The highest BCUT2D eigenvalue weighted by Crippen LogP contribution is 2.28. The number of primary amides is 1. The van der Waals surface area contributed by atoms with Crippen LogP contribution in [0.1, 0.15) is 17.2 Å². The molecule has 1 aromatic heterocycles. The number of aromatic nitrogens is 1. The topological polar surface area (TPSA) is 80.4 Å². The minimum atomic E-state index is -0.586. The molecule has 134 valence electrons. The van der Waals surface area contributed by atoms with Crippen molar-refractivity contribution in [1.82, 2.24) is 10.3 Å². The van der Waals surface area contributed by atoms with Crippen LogP contribution in [0, 0.1) is 5.41 Å². The summed E-state index contributed by atoms with van der Waals surface area (Å²) < 4.78 is 0. The van der Waals surface area contributed by atoms with Gasteiger partial charge in [-0.3, -0.25) is 14.8 Å². The van der Waals surface area contributed by atoms with Gasteiger partial charge in [0.25, 0.3) is 0 Å². The third-order valence-electron chi connectivity index (χ3n) is 4.47. The number of nitrogens with one attached hydrogen (secondary N) is 1. The zero-order valence-corrected chi connectivity index (χ0v) is 15.1. The summed E-state index contributed by atoms with van der Waals surface area (Å²) in [6.07, 6.45) is 10.3. The molecule has 0 aliphatic carbocycles. The van der Waals surface area contributed by atoms with E-state index in [1.807, 2.05) is 36.5 Å². The van der Waals surface area contributed by atoms with E-state index in [0.717, 1.165) is 17.5 Å². The average Bonchev–Trinajstić information content (AvgIpc) is 2.65. The van der Waals surface area contributed by atoms with E-state index in [4.69, 9.17) is 17.3 Å². The molecule has 6 heteroatoms. The number of allylic oxidation sites excluding steroid dienone is 1. The fraction of sp³-hybridized carbons (Fsp3) is 0.250. The Labute approximate surface area is 158 Å². The Bertz CT molecular complexity index is 804. The lowest BCUT2D eigenvalue weighted by atomic mass is 9.80. The number of nitrogens with two attached hydrogens (primary N) is 1. The summed E-state index contributed by atoms with van der Waals surface area (Å²) in [6.45, 7) is 1.20. The highest BCUT2D eigenvalue weighted by Gasteiger charge is 2.30. The number of aliphatic imine (C=N–C) groups is 1. The van der Waals surface area contributed by atoms with Crippen molar-refractivity contribution in [2.75, 3.05) is 13.1 Å². The number of benzene rings is 1. The second kappa shape index (κ2) is 8.25. The molecule has 2 aromatic rings. The summed E-state index contributed by atoms with van der Waals surface area (Å²) in [5.74, 6) is -0.424. The first-order valence-electron chi connectivity index (χ1n) is 8.43. The van der Waals surface area contributed by atoms with Gasteiger partial charge in [-0.25, -0.2) is 0 Å². The monoisotopic (exact) mass is 368 g/mol. The van der Waals surface area contributed by atoms with Crippen molar-refractivity contribution in [3.05, 3.63) is 77.1 Å². The molecular formula is C20H21ClN4O. The van der Waals surface area contributed by atoms with E-state index in [9.17, 15) is 4.79 Å². The van der Waals surface area contributed by atoms with Crippen molar-refractivity contribution in [1.29, 1.82) is 0 Å². The van der Waals surface area contributed by atoms with Gasteiger partial charge in [-0.2, -0.15) is 0 Å². The van der Waals surface area contributed by atoms with Crippen molar-refractivity contribution < 1.29 is 4.79 Å². The number of pyridine rings is 1. The molecule has 1 aliphatic heterocycles. The summed E-state index contributed by atoms with van der Waals surface area (Å²) in [4.78, 5) is 20.6. The molecule has 2 atom stereocenters. The minimum Gasteiger partial charge on any atom is -0.368 e. The number of halogens is 1. The number of dihydropyridines is 1. The smallest absolute Gasteiger partial charge is 0.239 e. The molecule has 2 heterocycles. The van der Waals surface area contributed by atoms with Crippen molar-refractivity contribution in [3.8, 4) is 0 Å². The maximum absolute atomic E-state index is 12.0. The molecule has 0 bridgehead atoms. The van der Waals surface area contributed by atoms with Gasteiger partial charge >= 0.3 is 0 Å². The lowest BCUT2D eigenvalue weighted by Crippen LogP contribution is -2.43. The van der Waals surface area contributed by atoms with Crippen LogP contribution in [0.4, 0.5) is 0 Å². The van der Waals surface area contributed by atoms with Gasteiger partial charge in [0.05, 0.1) is 0 Å². The van der Waals surface area contributed by atoms with Crippen LogP contribution in [0.2, 0.25) is 5.02 Å². The van der Waals surface area contributed by atoms with Crippen molar-refractivity contribution >= 4 is 23.7 Å². The number of rotatable bonds is 7. The van der Waals surface area contributed by atoms with E-state index in [1.54, 1.807) is 24.5 Å². The number of hydrogen-bond acceptors (Lipinski definition) is 4. The zero-order chi connectivity index (χ0) is 18.4. The molecule has 1 aromatic carbocycles. The highest BCUT2D eigenvalue weighted by atomic mass is 35.5. The number of amides is 1. The predicted octanol–water partition coefficient (Wildman–Crippen LogP) is 2.72. The lowest BCUT2D eigenvalue weighted by Gasteiger charge is -2.32. The molecule has 0 saturated heterocycles. The minimum absolute atomic E-state index is 0.238. The summed E-state index contributed by atoms with van der Waals surface area (Å²) >= 11 is 5.94. The Hall–Kier alpha value is -2.50. The lowest BCUT2D eigenvalue weighted by molar-refractivity contribution is -0.120. The van der Waals surface area contributed by atoms with Crippen LogP contribution >= 0.6 is 11.6 Å². The van der Waals surface area contributed by atoms with Crippen LogP contribution in [0.25, 0.3) is 0 Å². The van der Waals surface area contributed by atoms with E-state index in [-0.39, 0.29) is 5.41 Å². The molecule has 5 nitrogen and oxygen atoms in total. The molecule has 3 N–H and O–H groups in total. The van der Waals surface area contributed by atoms with Crippen LogP contribution < -0.4 is 11.1 Å². The van der Waals surface area contributed by atoms with Gasteiger partial charge in [0, 0.05) is 42.1 Å². The Morgan fingerprint density at radius 2 is 2.12 bits per heavy atom. The Morgan fingerprint density at radius 3 is 2.73 bits per heavy atom. The Kier molecular flexibility index (Phi) is 5.81. The first-order valence-corrected chi connectivity index (χ1v) is 8.81. The van der Waals surface area contributed by atoms with Crippen molar-refractivity contribution in [2.24, 2.45) is 16.1 Å². The van der Waals surface area contributed by atoms with Crippen LogP contribution in [-0.4, -0.2) is 30.2 Å². The molecule has 0 spiro atoms. The average molecular weight is 369 g/mol. The number of carbonyl (C=O) groups excluding carboxylic acids is 1. The molecule has 0 fully saturated rings. The van der Waals surface area contributed by atoms with Crippen molar-refractivity contribution in [3.63, 3.8) is 0 Å². The van der Waals surface area contributed by atoms with E-state index in [0.29, 0.717) is 18.1 Å². The quantitative estimate of drug-likeness (QED) is 0.788. The third-order valence-corrected chi connectivity index (χ3v) is 4.72. The van der Waals surface area contributed by atoms with Crippen LogP contribution in [0.15, 0.2) is 65.9 Å². The van der Waals surface area contributed by atoms with Crippen LogP contribution in [0.3, 0.4) is 0 Å². The van der Waals surface area contributed by atoms with Gasteiger partial charge in [0.15, 0.2) is 0 Å². The maximum Gasteiger partial charge on any atom is 0.239 e. The third kappa shape index (κ3) is 4.56. The molecule has 3 rings (SSSR count). The van der Waals surface area contributed by atoms with E-state index in [2.05, 4.69) is 21.4 Å². The molecule has 2 unspecified atom stereocenters. The van der Waals surface area contributed by atoms with Gasteiger partial charge in [0.2, 0.25) is 5.91 Å². The molecule has 1 aliphatic rings. The van der Waals surface area contributed by atoms with Crippen LogP contribution in [-0.2, 0) is 11.2 Å². The Morgan fingerprint density at radius 1 is 1.31 bits per heavy atom. The molecule has 0 radical (unpaired) electrons. The van der Waals surface area contributed by atoms with Gasteiger partial charge in [-0.15, -0.1) is 0 Å². The normalized spacial score (nSPS) is 20.0. The van der Waals surface area contributed by atoms with Crippen molar-refractivity contribution in [2.45, 2.75) is 12.5 Å². The molecule has 0 saturated carbocycles. The number of hydrogen-bond donors (Lipinski definition) is 2. The molecule has 26 heavy (non-hydrogen) atoms.